The fourth-order valence-electron chi connectivity index (χ4n) is 5.10. The van der Waals surface area contributed by atoms with Crippen molar-refractivity contribution in [2.45, 2.75) is 24.9 Å². The van der Waals surface area contributed by atoms with Crippen LogP contribution in [0.2, 0.25) is 0 Å². The van der Waals surface area contributed by atoms with E-state index in [0.29, 0.717) is 26.2 Å². The van der Waals surface area contributed by atoms with Gasteiger partial charge in [-0.1, -0.05) is 28.1 Å². The van der Waals surface area contributed by atoms with Crippen molar-refractivity contribution in [3.8, 4) is 0 Å². The molecule has 6 atom stereocenters. The van der Waals surface area contributed by atoms with Gasteiger partial charge in [0.15, 0.2) is 6.29 Å². The predicted molar refractivity (Wildman–Crippen MR) is 109 cm³/mol. The topological polar surface area (TPSA) is 129 Å². The third-order valence-corrected chi connectivity index (χ3v) is 6.75. The Morgan fingerprint density at radius 3 is 1.77 bits per heavy atom. The molecule has 3 aliphatic rings. The average Bonchev–Trinajstić information content (AvgIpc) is 3.40. The molecule has 2 bridgehead atoms. The number of carbonyl (C=O) groups is 2. The maximum atomic E-state index is 12.9. The van der Waals surface area contributed by atoms with Crippen molar-refractivity contribution in [3.63, 3.8) is 0 Å². The summed E-state index contributed by atoms with van der Waals surface area (Å²) >= 11 is 3.43. The summed E-state index contributed by atoms with van der Waals surface area (Å²) in [7, 11) is 0. The maximum Gasteiger partial charge on any atom is 0.224 e. The summed E-state index contributed by atoms with van der Waals surface area (Å²) in [5.74, 6) is -1.28. The molecule has 11 heteroatoms. The molecular formula is C20H27BrCl2N4O4-2. The van der Waals surface area contributed by atoms with Gasteiger partial charge >= 0.3 is 0 Å². The molecule has 8 nitrogen and oxygen atoms in total. The van der Waals surface area contributed by atoms with Crippen molar-refractivity contribution in [1.29, 1.82) is 0 Å². The number of hydrogen-bond donors (Lipinski definition) is 4. The van der Waals surface area contributed by atoms with Gasteiger partial charge in [-0.05, 0) is 18.6 Å². The Labute approximate surface area is 202 Å². The first-order chi connectivity index (χ1) is 14.0. The third kappa shape index (κ3) is 5.03. The van der Waals surface area contributed by atoms with Gasteiger partial charge in [0.2, 0.25) is 11.8 Å². The van der Waals surface area contributed by atoms with Crippen molar-refractivity contribution < 1.29 is 43.9 Å². The van der Waals surface area contributed by atoms with Crippen molar-refractivity contribution in [1.82, 2.24) is 10.6 Å². The van der Waals surface area contributed by atoms with Crippen molar-refractivity contribution in [3.05, 3.63) is 34.3 Å². The van der Waals surface area contributed by atoms with Crippen molar-refractivity contribution in [2.24, 2.45) is 35.1 Å². The molecule has 2 saturated carbocycles. The third-order valence-electron chi connectivity index (χ3n) is 6.22. The molecule has 6 N–H and O–H groups in total. The largest absolute Gasteiger partial charge is 1.00 e. The van der Waals surface area contributed by atoms with E-state index in [1.54, 1.807) is 0 Å². The number of ether oxygens (including phenoxy) is 2. The molecule has 0 aromatic heterocycles. The van der Waals surface area contributed by atoms with Gasteiger partial charge in [-0.25, -0.2) is 0 Å². The van der Waals surface area contributed by atoms with Gasteiger partial charge in [0.05, 0.1) is 24.0 Å². The normalized spacial score (nSPS) is 32.5. The molecule has 1 aromatic rings. The number of halogens is 3. The van der Waals surface area contributed by atoms with Crippen LogP contribution in [0.1, 0.15) is 18.3 Å². The predicted octanol–water partition coefficient (Wildman–Crippen LogP) is -5.73. The summed E-state index contributed by atoms with van der Waals surface area (Å²) in [5, 5.41) is 5.72. The van der Waals surface area contributed by atoms with Crippen LogP contribution in [0.5, 0.6) is 0 Å². The van der Waals surface area contributed by atoms with E-state index < -0.39 is 18.1 Å². The lowest BCUT2D eigenvalue weighted by Gasteiger charge is -2.34. The molecule has 1 saturated heterocycles. The summed E-state index contributed by atoms with van der Waals surface area (Å²) in [6, 6.07) is 7.79. The summed E-state index contributed by atoms with van der Waals surface area (Å²) in [6.07, 6.45) is -0.132. The molecule has 0 radical (unpaired) electrons. The van der Waals surface area contributed by atoms with Crippen LogP contribution in [0.15, 0.2) is 28.7 Å². The Morgan fingerprint density at radius 2 is 1.35 bits per heavy atom. The number of rotatable bonds is 7. The summed E-state index contributed by atoms with van der Waals surface area (Å²) in [5.41, 5.74) is 12.0. The SMILES string of the molecule is NCCNC(=O)C1C2CC(C3OC(c4ccc(Br)cc4)OC23)C1C(=O)NCCN.[Cl-].[Cl-]. The van der Waals surface area contributed by atoms with E-state index in [4.69, 9.17) is 20.9 Å². The Bertz CT molecular complexity index is 732. The first-order valence-corrected chi connectivity index (χ1v) is 10.9. The van der Waals surface area contributed by atoms with E-state index >= 15 is 0 Å². The van der Waals surface area contributed by atoms with Gasteiger partial charge < -0.3 is 56.4 Å². The second kappa shape index (κ2) is 11.3. The highest BCUT2D eigenvalue weighted by atomic mass is 79.9. The fourth-order valence-corrected chi connectivity index (χ4v) is 5.36. The maximum absolute atomic E-state index is 12.9. The van der Waals surface area contributed by atoms with Crippen LogP contribution in [0.4, 0.5) is 0 Å². The van der Waals surface area contributed by atoms with Gasteiger partial charge in [0.1, 0.15) is 0 Å². The Hall–Kier alpha value is -0.940. The van der Waals surface area contributed by atoms with Gasteiger partial charge in [0.25, 0.3) is 0 Å². The Balaban J connectivity index is 0.00000171. The quantitative estimate of drug-likeness (QED) is 0.274. The zero-order chi connectivity index (χ0) is 20.5. The molecule has 2 aliphatic carbocycles. The monoisotopic (exact) mass is 536 g/mol. The van der Waals surface area contributed by atoms with E-state index in [0.717, 1.165) is 16.5 Å². The van der Waals surface area contributed by atoms with Gasteiger partial charge in [0, 0.05) is 48.1 Å². The molecular weight excluding hydrogens is 511 g/mol. The molecule has 1 aliphatic heterocycles. The molecule has 3 fully saturated rings. The van der Waals surface area contributed by atoms with Gasteiger partial charge in [-0.3, -0.25) is 9.59 Å². The van der Waals surface area contributed by atoms with E-state index in [1.165, 1.54) is 0 Å². The number of fused-ring (bicyclic) bond motifs is 5. The summed E-state index contributed by atoms with van der Waals surface area (Å²) < 4.78 is 13.5. The lowest BCUT2D eigenvalue weighted by Crippen LogP contribution is -3.00. The van der Waals surface area contributed by atoms with Gasteiger partial charge in [-0.15, -0.1) is 0 Å². The molecule has 6 unspecified atom stereocenters. The number of hydrogen-bond acceptors (Lipinski definition) is 6. The second-order valence-corrected chi connectivity index (χ2v) is 8.77. The number of amides is 2. The molecule has 0 spiro atoms. The Kier molecular flexibility index (Phi) is 9.57. The minimum absolute atomic E-state index is 0. The van der Waals surface area contributed by atoms with Gasteiger partial charge in [-0.2, -0.15) is 0 Å². The standard InChI is InChI=1S/C20H27BrN4O4.2ClH/c21-11-3-1-10(2-4-11)20-28-16-12-9-13(17(16)29-20)15(19(27)25-8-6-23)14(12)18(26)24-7-5-22;;/h1-4,12-17,20H,5-9,22-23H2,(H,24,26)(H,25,27);2*1H/p-2. The van der Waals surface area contributed by atoms with Crippen LogP contribution in [-0.4, -0.2) is 50.2 Å². The van der Waals surface area contributed by atoms with Crippen molar-refractivity contribution in [2.75, 3.05) is 26.2 Å². The second-order valence-electron chi connectivity index (χ2n) is 7.86. The van der Waals surface area contributed by atoms with Crippen LogP contribution >= 0.6 is 15.9 Å². The van der Waals surface area contributed by atoms with Crippen LogP contribution in [0.3, 0.4) is 0 Å². The lowest BCUT2D eigenvalue weighted by molar-refractivity contribution is -0.140. The highest BCUT2D eigenvalue weighted by Crippen LogP contribution is 2.58. The minimum Gasteiger partial charge on any atom is -1.00 e. The zero-order valence-corrected chi connectivity index (χ0v) is 19.9. The molecule has 2 amide bonds. The van der Waals surface area contributed by atoms with Crippen LogP contribution < -0.4 is 46.9 Å². The van der Waals surface area contributed by atoms with E-state index in [2.05, 4.69) is 26.6 Å². The van der Waals surface area contributed by atoms with Crippen LogP contribution in [-0.2, 0) is 19.1 Å². The van der Waals surface area contributed by atoms with Crippen molar-refractivity contribution >= 4 is 27.7 Å². The smallest absolute Gasteiger partial charge is 0.224 e. The number of carbonyl (C=O) groups excluding carboxylic acids is 2. The Morgan fingerprint density at radius 1 is 0.903 bits per heavy atom. The molecule has 4 rings (SSSR count). The molecule has 1 heterocycles. The minimum atomic E-state index is -0.484. The van der Waals surface area contributed by atoms with Crippen LogP contribution in [0, 0.1) is 23.7 Å². The van der Waals surface area contributed by atoms with E-state index in [-0.39, 0.29) is 60.7 Å². The summed E-state index contributed by atoms with van der Waals surface area (Å²) in [4.78, 5) is 25.8. The van der Waals surface area contributed by atoms with E-state index in [1.807, 2.05) is 24.3 Å². The number of nitrogens with one attached hydrogen (secondary N) is 2. The highest BCUT2D eigenvalue weighted by molar-refractivity contribution is 9.10. The van der Waals surface area contributed by atoms with E-state index in [9.17, 15) is 9.59 Å². The fraction of sp³-hybridized carbons (Fsp3) is 0.600. The lowest BCUT2D eigenvalue weighted by atomic mass is 9.75. The zero-order valence-electron chi connectivity index (χ0n) is 16.8. The van der Waals surface area contributed by atoms with Crippen LogP contribution in [0.25, 0.3) is 0 Å². The molecule has 1 aromatic carbocycles. The highest BCUT2D eigenvalue weighted by Gasteiger charge is 2.66. The average molecular weight is 538 g/mol. The first kappa shape index (κ1) is 26.3. The summed E-state index contributed by atoms with van der Waals surface area (Å²) in [6.45, 7) is 1.48. The number of benzene rings is 1. The molecule has 31 heavy (non-hydrogen) atoms. The first-order valence-electron chi connectivity index (χ1n) is 10.1. The molecule has 174 valence electrons. The number of nitrogens with two attached hydrogens (primary N) is 2.